The lowest BCUT2D eigenvalue weighted by Crippen LogP contribution is -2.50. The van der Waals surface area contributed by atoms with Gasteiger partial charge in [0, 0.05) is 6.04 Å². The van der Waals surface area contributed by atoms with E-state index in [1.807, 2.05) is 0 Å². The summed E-state index contributed by atoms with van der Waals surface area (Å²) in [5.41, 5.74) is -1.03. The minimum atomic E-state index is -4.19. The lowest BCUT2D eigenvalue weighted by molar-refractivity contribution is -0.149. The van der Waals surface area contributed by atoms with Crippen molar-refractivity contribution >= 4 is 5.97 Å². The number of carboxylic acids is 1. The van der Waals surface area contributed by atoms with Gasteiger partial charge in [-0.05, 0) is 45.7 Å². The lowest BCUT2D eigenvalue weighted by Gasteiger charge is -2.29. The third-order valence-electron chi connectivity index (χ3n) is 3.99. The summed E-state index contributed by atoms with van der Waals surface area (Å²) in [5, 5.41) is 12.0. The van der Waals surface area contributed by atoms with E-state index in [4.69, 9.17) is 0 Å². The van der Waals surface area contributed by atoms with Gasteiger partial charge in [0.1, 0.15) is 5.54 Å². The number of hydrogen-bond acceptors (Lipinski definition) is 3. The highest BCUT2D eigenvalue weighted by atomic mass is 19.4. The molecule has 2 N–H and O–H groups in total. The Kier molecular flexibility index (Phi) is 5.82. The minimum Gasteiger partial charge on any atom is -0.480 e. The van der Waals surface area contributed by atoms with E-state index in [0.29, 0.717) is 25.8 Å². The van der Waals surface area contributed by atoms with E-state index >= 15 is 0 Å². The molecule has 0 heterocycles. The summed E-state index contributed by atoms with van der Waals surface area (Å²) < 4.78 is 37.4. The van der Waals surface area contributed by atoms with Crippen LogP contribution in [0.4, 0.5) is 13.2 Å². The molecule has 4 nitrogen and oxygen atoms in total. The first-order valence-electron chi connectivity index (χ1n) is 6.97. The van der Waals surface area contributed by atoms with Crippen LogP contribution in [0.25, 0.3) is 0 Å². The maximum Gasteiger partial charge on any atom is 0.401 e. The van der Waals surface area contributed by atoms with Crippen LogP contribution in [-0.2, 0) is 4.79 Å². The van der Waals surface area contributed by atoms with Crippen LogP contribution in [-0.4, -0.2) is 53.9 Å². The van der Waals surface area contributed by atoms with Gasteiger partial charge in [-0.25, -0.2) is 0 Å². The molecule has 1 fully saturated rings. The molecule has 0 aliphatic heterocycles. The molecule has 20 heavy (non-hydrogen) atoms. The van der Waals surface area contributed by atoms with Crippen molar-refractivity contribution < 1.29 is 23.1 Å². The normalized spacial score (nSPS) is 19.1. The summed E-state index contributed by atoms with van der Waals surface area (Å²) in [6, 6.07) is 0.0204. The Labute approximate surface area is 117 Å². The number of carboxylic acid groups (broad SMARTS) is 1. The number of likely N-dealkylation sites (N-methyl/N-ethyl adjacent to an activating group) is 1. The number of rotatable bonds is 9. The standard InChI is InChI=1S/C13H23F3N2O2/c1-3-12(17-2,11(19)20)7-4-8-18(10-5-6-10)9-13(14,15)16/h10,17H,3-9H2,1-2H3,(H,19,20). The summed E-state index contributed by atoms with van der Waals surface area (Å²) in [6.45, 7) is 1.16. The van der Waals surface area contributed by atoms with Crippen LogP contribution in [0.5, 0.6) is 0 Å². The number of carbonyl (C=O) groups is 1. The molecule has 0 radical (unpaired) electrons. The van der Waals surface area contributed by atoms with E-state index in [1.54, 1.807) is 14.0 Å². The van der Waals surface area contributed by atoms with Crippen LogP contribution in [0, 0.1) is 0 Å². The number of nitrogens with one attached hydrogen (secondary N) is 1. The Balaban J connectivity index is 2.49. The van der Waals surface area contributed by atoms with Crippen LogP contribution in [0.2, 0.25) is 0 Å². The highest BCUT2D eigenvalue weighted by Gasteiger charge is 2.39. The fourth-order valence-electron chi connectivity index (χ4n) is 2.49. The Morgan fingerprint density at radius 2 is 2.00 bits per heavy atom. The van der Waals surface area contributed by atoms with Crippen molar-refractivity contribution in [3.8, 4) is 0 Å². The summed E-state index contributed by atoms with van der Waals surface area (Å²) in [5.74, 6) is -0.948. The molecule has 0 spiro atoms. The van der Waals surface area contributed by atoms with Gasteiger partial charge in [0.25, 0.3) is 0 Å². The van der Waals surface area contributed by atoms with Crippen molar-refractivity contribution in [2.24, 2.45) is 0 Å². The molecule has 1 aliphatic rings. The monoisotopic (exact) mass is 296 g/mol. The van der Waals surface area contributed by atoms with Gasteiger partial charge in [-0.2, -0.15) is 13.2 Å². The highest BCUT2D eigenvalue weighted by Crippen LogP contribution is 2.30. The summed E-state index contributed by atoms with van der Waals surface area (Å²) in [4.78, 5) is 12.7. The van der Waals surface area contributed by atoms with Crippen LogP contribution in [0.1, 0.15) is 39.0 Å². The first-order chi connectivity index (χ1) is 9.24. The van der Waals surface area contributed by atoms with Crippen molar-refractivity contribution in [2.45, 2.75) is 56.8 Å². The van der Waals surface area contributed by atoms with Crippen LogP contribution in [0.3, 0.4) is 0 Å². The average Bonchev–Trinajstić information content (AvgIpc) is 3.15. The topological polar surface area (TPSA) is 52.6 Å². The molecule has 1 unspecified atom stereocenters. The van der Waals surface area contributed by atoms with Gasteiger partial charge in [-0.15, -0.1) is 0 Å². The van der Waals surface area contributed by atoms with Crippen molar-refractivity contribution in [2.75, 3.05) is 20.1 Å². The van der Waals surface area contributed by atoms with Gasteiger partial charge in [0.2, 0.25) is 0 Å². The summed E-state index contributed by atoms with van der Waals surface area (Å²) in [7, 11) is 1.58. The smallest absolute Gasteiger partial charge is 0.401 e. The molecule has 0 saturated heterocycles. The molecule has 0 aromatic heterocycles. The second kappa shape index (κ2) is 6.76. The predicted molar refractivity (Wildman–Crippen MR) is 69.6 cm³/mol. The number of alkyl halides is 3. The SMILES string of the molecule is CCC(CCCN(CC(F)(F)F)C1CC1)(NC)C(=O)O. The zero-order valence-corrected chi connectivity index (χ0v) is 12.0. The molecule has 118 valence electrons. The number of halogens is 3. The van der Waals surface area contributed by atoms with Crippen molar-refractivity contribution in [1.82, 2.24) is 10.2 Å². The molecule has 0 bridgehead atoms. The number of nitrogens with zero attached hydrogens (tertiary/aromatic N) is 1. The fourth-order valence-corrected chi connectivity index (χ4v) is 2.49. The second-order valence-electron chi connectivity index (χ2n) is 5.41. The fraction of sp³-hybridized carbons (Fsp3) is 0.923. The predicted octanol–water partition coefficient (Wildman–Crippen LogP) is 2.25. The van der Waals surface area contributed by atoms with E-state index in [0.717, 1.165) is 12.8 Å². The molecular formula is C13H23F3N2O2. The molecule has 1 aliphatic carbocycles. The van der Waals surface area contributed by atoms with Crippen molar-refractivity contribution in [3.63, 3.8) is 0 Å². The summed E-state index contributed by atoms with van der Waals surface area (Å²) in [6.07, 6.45) is -1.41. The average molecular weight is 296 g/mol. The molecule has 7 heteroatoms. The summed E-state index contributed by atoms with van der Waals surface area (Å²) >= 11 is 0. The van der Waals surface area contributed by atoms with E-state index in [1.165, 1.54) is 4.90 Å². The Hall–Kier alpha value is -0.820. The zero-order chi connectivity index (χ0) is 15.4. The molecule has 1 atom stereocenters. The number of hydrogen-bond donors (Lipinski definition) is 2. The Morgan fingerprint density at radius 3 is 2.35 bits per heavy atom. The van der Waals surface area contributed by atoms with E-state index in [-0.39, 0.29) is 6.04 Å². The van der Waals surface area contributed by atoms with Crippen LogP contribution in [0.15, 0.2) is 0 Å². The Bertz CT molecular complexity index is 326. The molecule has 1 rings (SSSR count). The largest absolute Gasteiger partial charge is 0.480 e. The first-order valence-corrected chi connectivity index (χ1v) is 6.97. The quantitative estimate of drug-likeness (QED) is 0.685. The van der Waals surface area contributed by atoms with Gasteiger partial charge in [-0.3, -0.25) is 9.69 Å². The highest BCUT2D eigenvalue weighted by molar-refractivity contribution is 5.78. The molecule has 0 aromatic carbocycles. The second-order valence-corrected chi connectivity index (χ2v) is 5.41. The van der Waals surface area contributed by atoms with Crippen LogP contribution >= 0.6 is 0 Å². The zero-order valence-electron chi connectivity index (χ0n) is 12.0. The minimum absolute atomic E-state index is 0.0204. The van der Waals surface area contributed by atoms with E-state index in [2.05, 4.69) is 5.32 Å². The first kappa shape index (κ1) is 17.2. The van der Waals surface area contributed by atoms with Crippen LogP contribution < -0.4 is 5.32 Å². The van der Waals surface area contributed by atoms with Gasteiger partial charge in [0.05, 0.1) is 6.54 Å². The van der Waals surface area contributed by atoms with Gasteiger partial charge in [0.15, 0.2) is 0 Å². The van der Waals surface area contributed by atoms with Gasteiger partial charge >= 0.3 is 12.1 Å². The molecular weight excluding hydrogens is 273 g/mol. The number of aliphatic carboxylic acids is 1. The molecule has 0 amide bonds. The lowest BCUT2D eigenvalue weighted by atomic mass is 9.90. The van der Waals surface area contributed by atoms with E-state index in [9.17, 15) is 23.1 Å². The van der Waals surface area contributed by atoms with Crippen molar-refractivity contribution in [1.29, 1.82) is 0 Å². The van der Waals surface area contributed by atoms with Gasteiger partial charge in [-0.1, -0.05) is 6.92 Å². The van der Waals surface area contributed by atoms with Crippen molar-refractivity contribution in [3.05, 3.63) is 0 Å². The third-order valence-corrected chi connectivity index (χ3v) is 3.99. The Morgan fingerprint density at radius 1 is 1.40 bits per heavy atom. The maximum atomic E-state index is 12.5. The third kappa shape index (κ3) is 4.94. The van der Waals surface area contributed by atoms with E-state index < -0.39 is 24.2 Å². The molecule has 1 saturated carbocycles. The molecule has 0 aromatic rings. The van der Waals surface area contributed by atoms with Gasteiger partial charge < -0.3 is 10.4 Å². The maximum absolute atomic E-state index is 12.5.